The lowest BCUT2D eigenvalue weighted by molar-refractivity contribution is 0.0371. The second-order valence-electron chi connectivity index (χ2n) is 4.95. The lowest BCUT2D eigenvalue weighted by atomic mass is 10.2. The zero-order chi connectivity index (χ0) is 13.3. The van der Waals surface area contributed by atoms with Crippen molar-refractivity contribution in [2.45, 2.75) is 32.1 Å². The fourth-order valence-corrected chi connectivity index (χ4v) is 2.34. The molecule has 1 aliphatic heterocycles. The molecule has 0 unspecified atom stereocenters. The highest BCUT2D eigenvalue weighted by atomic mass is 16.5. The van der Waals surface area contributed by atoms with Crippen molar-refractivity contribution in [2.24, 2.45) is 0 Å². The predicted molar refractivity (Wildman–Crippen MR) is 72.7 cm³/mol. The molecule has 0 atom stereocenters. The maximum atomic E-state index is 8.59. The largest absolute Gasteiger partial charge is 0.379 e. The number of hydrogen-bond donors (Lipinski definition) is 1. The Bertz CT molecular complexity index is 404. The molecule has 0 aromatic carbocycles. The van der Waals surface area contributed by atoms with Gasteiger partial charge >= 0.3 is 0 Å². The van der Waals surface area contributed by atoms with Gasteiger partial charge in [-0.15, -0.1) is 0 Å². The highest BCUT2D eigenvalue weighted by Crippen LogP contribution is 2.06. The van der Waals surface area contributed by atoms with Crippen LogP contribution in [-0.4, -0.2) is 47.7 Å². The molecule has 0 saturated carbocycles. The number of aryl methyl sites for hydroxylation is 1. The van der Waals surface area contributed by atoms with E-state index in [9.17, 15) is 0 Å². The van der Waals surface area contributed by atoms with Crippen LogP contribution < -0.4 is 0 Å². The van der Waals surface area contributed by atoms with Crippen molar-refractivity contribution in [2.75, 3.05) is 32.8 Å². The van der Waals surface area contributed by atoms with Crippen LogP contribution in [0.5, 0.6) is 0 Å². The molecule has 0 aliphatic carbocycles. The molecular formula is C14H22N4O. The molecule has 1 saturated heterocycles. The van der Waals surface area contributed by atoms with Crippen LogP contribution >= 0.6 is 0 Å². The summed E-state index contributed by atoms with van der Waals surface area (Å²) in [5.74, 6) is 1.01. The molecule has 5 nitrogen and oxygen atoms in total. The SMILES string of the molecule is N#CCc1cnc(CCCCCN2CCOCC2)[nH]1. The first-order chi connectivity index (χ1) is 9.38. The van der Waals surface area contributed by atoms with E-state index in [1.165, 1.54) is 19.4 Å². The first-order valence-electron chi connectivity index (χ1n) is 7.08. The van der Waals surface area contributed by atoms with Gasteiger partial charge in [-0.1, -0.05) is 6.42 Å². The van der Waals surface area contributed by atoms with Crippen molar-refractivity contribution in [3.8, 4) is 6.07 Å². The van der Waals surface area contributed by atoms with Gasteiger partial charge in [0.2, 0.25) is 0 Å². The number of rotatable bonds is 7. The summed E-state index contributed by atoms with van der Waals surface area (Å²) >= 11 is 0. The summed E-state index contributed by atoms with van der Waals surface area (Å²) < 4.78 is 5.33. The van der Waals surface area contributed by atoms with E-state index in [2.05, 4.69) is 20.9 Å². The molecule has 5 heteroatoms. The second-order valence-corrected chi connectivity index (χ2v) is 4.95. The molecule has 0 bridgehead atoms. The van der Waals surface area contributed by atoms with Crippen LogP contribution in [0.15, 0.2) is 6.20 Å². The number of morpholine rings is 1. The van der Waals surface area contributed by atoms with Gasteiger partial charge in [-0.25, -0.2) is 4.98 Å². The van der Waals surface area contributed by atoms with E-state index in [1.54, 1.807) is 6.20 Å². The number of nitrogens with zero attached hydrogens (tertiary/aromatic N) is 3. The normalized spacial score (nSPS) is 16.4. The summed E-state index contributed by atoms with van der Waals surface area (Å²) in [4.78, 5) is 9.96. The van der Waals surface area contributed by atoms with E-state index in [0.29, 0.717) is 6.42 Å². The highest BCUT2D eigenvalue weighted by molar-refractivity contribution is 5.06. The zero-order valence-electron chi connectivity index (χ0n) is 11.4. The van der Waals surface area contributed by atoms with Crippen molar-refractivity contribution < 1.29 is 4.74 Å². The fourth-order valence-electron chi connectivity index (χ4n) is 2.34. The minimum atomic E-state index is 0.421. The van der Waals surface area contributed by atoms with E-state index in [4.69, 9.17) is 10.00 Å². The summed E-state index contributed by atoms with van der Waals surface area (Å²) in [7, 11) is 0. The fraction of sp³-hybridized carbons (Fsp3) is 0.714. The summed E-state index contributed by atoms with van der Waals surface area (Å²) in [6.07, 6.45) is 6.80. The van der Waals surface area contributed by atoms with Crippen molar-refractivity contribution in [1.29, 1.82) is 5.26 Å². The number of aromatic nitrogens is 2. The van der Waals surface area contributed by atoms with Gasteiger partial charge in [-0.05, 0) is 19.4 Å². The van der Waals surface area contributed by atoms with E-state index >= 15 is 0 Å². The van der Waals surface area contributed by atoms with Crippen molar-refractivity contribution >= 4 is 0 Å². The monoisotopic (exact) mass is 262 g/mol. The molecule has 0 spiro atoms. The van der Waals surface area contributed by atoms with Gasteiger partial charge in [0.05, 0.1) is 25.7 Å². The number of nitriles is 1. The molecule has 1 N–H and O–H groups in total. The molecule has 1 fully saturated rings. The maximum absolute atomic E-state index is 8.59. The number of nitrogens with one attached hydrogen (secondary N) is 1. The smallest absolute Gasteiger partial charge is 0.106 e. The second kappa shape index (κ2) is 7.93. The third-order valence-electron chi connectivity index (χ3n) is 3.44. The van der Waals surface area contributed by atoms with Gasteiger partial charge in [-0.2, -0.15) is 5.26 Å². The lowest BCUT2D eigenvalue weighted by Gasteiger charge is -2.26. The van der Waals surface area contributed by atoms with Crippen LogP contribution in [0.4, 0.5) is 0 Å². The Hall–Kier alpha value is -1.38. The minimum absolute atomic E-state index is 0.421. The first kappa shape index (κ1) is 14.0. The van der Waals surface area contributed by atoms with Gasteiger partial charge in [0.1, 0.15) is 5.82 Å². The zero-order valence-corrected chi connectivity index (χ0v) is 11.4. The van der Waals surface area contributed by atoms with E-state index in [0.717, 1.165) is 50.7 Å². The van der Waals surface area contributed by atoms with E-state index in [1.807, 2.05) is 0 Å². The Labute approximate surface area is 114 Å². The Balaban J connectivity index is 1.54. The number of unbranched alkanes of at least 4 members (excludes halogenated alkanes) is 2. The number of aromatic amines is 1. The number of H-pyrrole nitrogens is 1. The van der Waals surface area contributed by atoms with Gasteiger partial charge in [0.25, 0.3) is 0 Å². The quantitative estimate of drug-likeness (QED) is 0.757. The molecule has 104 valence electrons. The molecule has 1 aliphatic rings. The number of ether oxygens (including phenoxy) is 1. The van der Waals surface area contributed by atoms with E-state index < -0.39 is 0 Å². The Morgan fingerprint density at radius 2 is 2.16 bits per heavy atom. The van der Waals surface area contributed by atoms with Crippen LogP contribution in [-0.2, 0) is 17.6 Å². The first-order valence-corrected chi connectivity index (χ1v) is 7.08. The standard InChI is InChI=1S/C14H22N4O/c15-6-5-13-12-16-14(17-13)4-2-1-3-7-18-8-10-19-11-9-18/h12H,1-5,7-11H2,(H,16,17). The van der Waals surface area contributed by atoms with Crippen LogP contribution in [0, 0.1) is 11.3 Å². The third-order valence-corrected chi connectivity index (χ3v) is 3.44. The maximum Gasteiger partial charge on any atom is 0.106 e. The average molecular weight is 262 g/mol. The molecule has 1 aromatic heterocycles. The Morgan fingerprint density at radius 3 is 2.95 bits per heavy atom. The van der Waals surface area contributed by atoms with Crippen LogP contribution in [0.2, 0.25) is 0 Å². The van der Waals surface area contributed by atoms with Crippen molar-refractivity contribution in [3.63, 3.8) is 0 Å². The van der Waals surface area contributed by atoms with Crippen LogP contribution in [0.3, 0.4) is 0 Å². The van der Waals surface area contributed by atoms with Gasteiger partial charge in [-0.3, -0.25) is 4.90 Å². The third kappa shape index (κ3) is 5.01. The molecule has 19 heavy (non-hydrogen) atoms. The average Bonchev–Trinajstić information content (AvgIpc) is 2.88. The summed E-state index contributed by atoms with van der Waals surface area (Å²) in [5.41, 5.74) is 0.922. The van der Waals surface area contributed by atoms with Gasteiger partial charge in [0, 0.05) is 31.4 Å². The summed E-state index contributed by atoms with van der Waals surface area (Å²) in [6.45, 7) is 5.11. The van der Waals surface area contributed by atoms with Crippen molar-refractivity contribution in [3.05, 3.63) is 17.7 Å². The van der Waals surface area contributed by atoms with Crippen LogP contribution in [0.25, 0.3) is 0 Å². The summed E-state index contributed by atoms with van der Waals surface area (Å²) in [5, 5.41) is 8.59. The number of hydrogen-bond acceptors (Lipinski definition) is 4. The lowest BCUT2D eigenvalue weighted by Crippen LogP contribution is -2.36. The predicted octanol–water partition coefficient (Wildman–Crippen LogP) is 1.52. The molecular weight excluding hydrogens is 240 g/mol. The molecule has 0 amide bonds. The topological polar surface area (TPSA) is 64.9 Å². The molecule has 2 heterocycles. The molecule has 2 rings (SSSR count). The highest BCUT2D eigenvalue weighted by Gasteiger charge is 2.09. The van der Waals surface area contributed by atoms with Gasteiger partial charge in [0.15, 0.2) is 0 Å². The Kier molecular flexibility index (Phi) is 5.86. The molecule has 0 radical (unpaired) electrons. The summed E-state index contributed by atoms with van der Waals surface area (Å²) in [6, 6.07) is 2.12. The number of imidazole rings is 1. The molecule has 1 aromatic rings. The van der Waals surface area contributed by atoms with Crippen molar-refractivity contribution in [1.82, 2.24) is 14.9 Å². The van der Waals surface area contributed by atoms with Crippen LogP contribution in [0.1, 0.15) is 30.8 Å². The van der Waals surface area contributed by atoms with Gasteiger partial charge < -0.3 is 9.72 Å². The minimum Gasteiger partial charge on any atom is -0.379 e. The Morgan fingerprint density at radius 1 is 1.32 bits per heavy atom. The van der Waals surface area contributed by atoms with E-state index in [-0.39, 0.29) is 0 Å².